The van der Waals surface area contributed by atoms with Crippen LogP contribution in [0.2, 0.25) is 0 Å². The number of likely N-dealkylation sites (tertiary alicyclic amines) is 1. The molecular formula is C18H22N4O5. The van der Waals surface area contributed by atoms with E-state index in [1.165, 1.54) is 0 Å². The van der Waals surface area contributed by atoms with Crippen LogP contribution >= 0.6 is 0 Å². The molecule has 1 atom stereocenters. The van der Waals surface area contributed by atoms with Crippen molar-refractivity contribution in [2.75, 3.05) is 25.0 Å². The number of hydrogen-bond donors (Lipinski definition) is 3. The van der Waals surface area contributed by atoms with Crippen molar-refractivity contribution in [3.63, 3.8) is 0 Å². The smallest absolute Gasteiger partial charge is 0.318 e. The van der Waals surface area contributed by atoms with Crippen LogP contribution in [0.15, 0.2) is 18.2 Å². The van der Waals surface area contributed by atoms with Gasteiger partial charge < -0.3 is 15.8 Å². The van der Waals surface area contributed by atoms with Crippen molar-refractivity contribution in [2.45, 2.75) is 25.8 Å². The van der Waals surface area contributed by atoms with E-state index in [9.17, 15) is 19.2 Å². The lowest BCUT2D eigenvalue weighted by atomic mass is 9.88. The molecule has 0 bridgehead atoms. The zero-order chi connectivity index (χ0) is 19.6. The van der Waals surface area contributed by atoms with Crippen LogP contribution in [0, 0.1) is 5.92 Å². The number of nitrogens with one attached hydrogen (secondary N) is 2. The lowest BCUT2D eigenvalue weighted by Gasteiger charge is -2.34. The highest BCUT2D eigenvalue weighted by Gasteiger charge is 2.31. The summed E-state index contributed by atoms with van der Waals surface area (Å²) >= 11 is 0. The largest absolute Gasteiger partial charge is 0.482 e. The monoisotopic (exact) mass is 374 g/mol. The Morgan fingerprint density at radius 1 is 1.30 bits per heavy atom. The molecule has 0 radical (unpaired) electrons. The zero-order valence-corrected chi connectivity index (χ0v) is 15.0. The second kappa shape index (κ2) is 7.75. The van der Waals surface area contributed by atoms with Gasteiger partial charge in [0.25, 0.3) is 5.91 Å². The lowest BCUT2D eigenvalue weighted by molar-refractivity contribution is -0.125. The number of Topliss-reactive ketones (excluding diaryl/α,β-unsaturated/α-hetero) is 1. The van der Waals surface area contributed by atoms with Gasteiger partial charge in [0.1, 0.15) is 5.75 Å². The van der Waals surface area contributed by atoms with Crippen LogP contribution in [-0.2, 0) is 9.59 Å². The van der Waals surface area contributed by atoms with Gasteiger partial charge in [-0.25, -0.2) is 4.79 Å². The molecule has 2 aliphatic heterocycles. The summed E-state index contributed by atoms with van der Waals surface area (Å²) in [5.41, 5.74) is 6.01. The molecule has 0 aliphatic carbocycles. The average Bonchev–Trinajstić information content (AvgIpc) is 2.65. The van der Waals surface area contributed by atoms with E-state index >= 15 is 0 Å². The van der Waals surface area contributed by atoms with Crippen LogP contribution in [-0.4, -0.2) is 54.3 Å². The maximum Gasteiger partial charge on any atom is 0.318 e. The number of benzene rings is 1. The Labute approximate surface area is 156 Å². The fourth-order valence-electron chi connectivity index (χ4n) is 3.41. The topological polar surface area (TPSA) is 131 Å². The van der Waals surface area contributed by atoms with E-state index in [0.29, 0.717) is 42.9 Å². The lowest BCUT2D eigenvalue weighted by Crippen LogP contribution is -2.51. The van der Waals surface area contributed by atoms with Crippen LogP contribution in [0.1, 0.15) is 30.1 Å². The van der Waals surface area contributed by atoms with Gasteiger partial charge in [-0.05, 0) is 51.1 Å². The van der Waals surface area contributed by atoms with Crippen LogP contribution in [0.25, 0.3) is 0 Å². The van der Waals surface area contributed by atoms with E-state index < -0.39 is 18.0 Å². The first-order valence-corrected chi connectivity index (χ1v) is 8.80. The quantitative estimate of drug-likeness (QED) is 0.658. The van der Waals surface area contributed by atoms with Gasteiger partial charge in [0, 0.05) is 11.5 Å². The molecule has 1 fully saturated rings. The van der Waals surface area contributed by atoms with Gasteiger partial charge in [0.2, 0.25) is 5.91 Å². The van der Waals surface area contributed by atoms with Crippen LogP contribution in [0.4, 0.5) is 10.5 Å². The summed E-state index contributed by atoms with van der Waals surface area (Å²) in [7, 11) is 0. The molecule has 2 aliphatic rings. The van der Waals surface area contributed by atoms with Crippen molar-refractivity contribution in [3.8, 4) is 5.75 Å². The number of piperidine rings is 1. The molecule has 1 unspecified atom stereocenters. The summed E-state index contributed by atoms with van der Waals surface area (Å²) in [6.45, 7) is 2.80. The zero-order valence-electron chi connectivity index (χ0n) is 15.0. The third-order valence-electron chi connectivity index (χ3n) is 4.97. The van der Waals surface area contributed by atoms with Gasteiger partial charge in [0.05, 0.1) is 11.7 Å². The van der Waals surface area contributed by atoms with Gasteiger partial charge in [-0.3, -0.25) is 24.6 Å². The first-order valence-electron chi connectivity index (χ1n) is 8.80. The maximum atomic E-state index is 12.8. The Bertz CT molecular complexity index is 786. The van der Waals surface area contributed by atoms with Crippen molar-refractivity contribution in [3.05, 3.63) is 23.8 Å². The standard InChI is InChI=1S/C18H22N4O5/c1-10(17(25)21-18(19)26)22-6-4-11(5-7-22)16(24)12-2-3-14-13(8-12)20-15(23)9-27-14/h2-3,8,10-11H,4-7,9H2,1H3,(H,20,23)(H3,19,21,25,26). The first-order chi connectivity index (χ1) is 12.8. The highest BCUT2D eigenvalue weighted by atomic mass is 16.5. The molecule has 9 nitrogen and oxygen atoms in total. The molecule has 0 aromatic heterocycles. The van der Waals surface area contributed by atoms with Crippen molar-refractivity contribution >= 4 is 29.3 Å². The molecule has 0 spiro atoms. The molecule has 2 heterocycles. The molecule has 9 heteroatoms. The number of primary amides is 1. The highest BCUT2D eigenvalue weighted by molar-refractivity contribution is 6.01. The third-order valence-corrected chi connectivity index (χ3v) is 4.97. The average molecular weight is 374 g/mol. The van der Waals surface area contributed by atoms with Gasteiger partial charge >= 0.3 is 6.03 Å². The Balaban J connectivity index is 1.60. The second-order valence-corrected chi connectivity index (χ2v) is 6.75. The Morgan fingerprint density at radius 3 is 2.67 bits per heavy atom. The van der Waals surface area contributed by atoms with Crippen molar-refractivity contribution in [1.29, 1.82) is 0 Å². The number of rotatable bonds is 4. The number of imide groups is 1. The van der Waals surface area contributed by atoms with E-state index in [4.69, 9.17) is 10.5 Å². The summed E-state index contributed by atoms with van der Waals surface area (Å²) in [6, 6.07) is 3.66. The highest BCUT2D eigenvalue weighted by Crippen LogP contribution is 2.31. The van der Waals surface area contributed by atoms with E-state index in [2.05, 4.69) is 10.6 Å². The Hall–Kier alpha value is -2.94. The molecular weight excluding hydrogens is 352 g/mol. The normalized spacial score (nSPS) is 18.6. The van der Waals surface area contributed by atoms with Gasteiger partial charge in [-0.15, -0.1) is 0 Å². The minimum absolute atomic E-state index is 0.00603. The fraction of sp³-hybridized carbons (Fsp3) is 0.444. The molecule has 1 aromatic rings. The summed E-state index contributed by atoms with van der Waals surface area (Å²) in [5.74, 6) is -0.297. The number of nitrogens with two attached hydrogens (primary N) is 1. The number of carbonyl (C=O) groups is 4. The number of ketones is 1. The minimum Gasteiger partial charge on any atom is -0.482 e. The van der Waals surface area contributed by atoms with Crippen molar-refractivity contribution in [1.82, 2.24) is 10.2 Å². The molecule has 27 heavy (non-hydrogen) atoms. The number of hydrogen-bond acceptors (Lipinski definition) is 6. The number of fused-ring (bicyclic) bond motifs is 1. The molecule has 4 N–H and O–H groups in total. The van der Waals surface area contributed by atoms with E-state index in [1.54, 1.807) is 25.1 Å². The number of nitrogens with zero attached hydrogens (tertiary/aromatic N) is 1. The Morgan fingerprint density at radius 2 is 2.00 bits per heavy atom. The second-order valence-electron chi connectivity index (χ2n) is 6.75. The molecule has 0 saturated carbocycles. The Kier molecular flexibility index (Phi) is 5.41. The van der Waals surface area contributed by atoms with E-state index in [1.807, 2.05) is 4.90 Å². The predicted molar refractivity (Wildman–Crippen MR) is 96.4 cm³/mol. The number of anilines is 1. The summed E-state index contributed by atoms with van der Waals surface area (Å²) in [4.78, 5) is 48.9. The SMILES string of the molecule is CC(C(=O)NC(N)=O)N1CCC(C(=O)c2ccc3c(c2)NC(=O)CO3)CC1. The summed E-state index contributed by atoms with van der Waals surface area (Å²) < 4.78 is 5.31. The van der Waals surface area contributed by atoms with E-state index in [0.717, 1.165) is 0 Å². The van der Waals surface area contributed by atoms with Crippen molar-refractivity contribution in [2.24, 2.45) is 11.7 Å². The number of ether oxygens (including phenoxy) is 1. The minimum atomic E-state index is -0.875. The maximum absolute atomic E-state index is 12.8. The fourth-order valence-corrected chi connectivity index (χ4v) is 3.41. The summed E-state index contributed by atoms with van der Waals surface area (Å²) in [5, 5.41) is 4.78. The van der Waals surface area contributed by atoms with Gasteiger partial charge in [-0.1, -0.05) is 0 Å². The molecule has 1 aromatic carbocycles. The number of amides is 4. The van der Waals surface area contributed by atoms with Gasteiger partial charge in [-0.2, -0.15) is 0 Å². The molecule has 144 valence electrons. The van der Waals surface area contributed by atoms with Gasteiger partial charge in [0.15, 0.2) is 12.4 Å². The van der Waals surface area contributed by atoms with E-state index in [-0.39, 0.29) is 24.2 Å². The first kappa shape index (κ1) is 18.8. The molecule has 3 rings (SSSR count). The van der Waals surface area contributed by atoms with Crippen LogP contribution in [0.5, 0.6) is 5.75 Å². The predicted octanol–water partition coefficient (Wildman–Crippen LogP) is 0.496. The molecule has 1 saturated heterocycles. The number of urea groups is 1. The number of carbonyl (C=O) groups excluding carboxylic acids is 4. The third kappa shape index (κ3) is 4.25. The van der Waals surface area contributed by atoms with Crippen molar-refractivity contribution < 1.29 is 23.9 Å². The van der Waals surface area contributed by atoms with Crippen LogP contribution in [0.3, 0.4) is 0 Å². The molecule has 4 amide bonds. The summed E-state index contributed by atoms with van der Waals surface area (Å²) in [6.07, 6.45) is 1.21. The van der Waals surface area contributed by atoms with Crippen LogP contribution < -0.4 is 21.1 Å².